The smallest absolute Gasteiger partial charge is 0.284 e. The van der Waals surface area contributed by atoms with Crippen molar-refractivity contribution in [1.82, 2.24) is 0 Å². The van der Waals surface area contributed by atoms with Crippen LogP contribution in [0.3, 0.4) is 0 Å². The standard InChI is InChI=1S/C9H8BrClF3NO2S/c10-8-2-1-6(5-7(8)9(12,13)14)15-18(16,17)4-3-11/h1-2,5,15H,3-4H2. The van der Waals surface area contributed by atoms with Crippen LogP contribution in [0.5, 0.6) is 0 Å². The van der Waals surface area contributed by atoms with E-state index >= 15 is 0 Å². The van der Waals surface area contributed by atoms with Gasteiger partial charge in [0.05, 0.1) is 11.3 Å². The summed E-state index contributed by atoms with van der Waals surface area (Å²) in [5.74, 6) is -0.510. The van der Waals surface area contributed by atoms with E-state index in [1.807, 2.05) is 4.72 Å². The lowest BCUT2D eigenvalue weighted by atomic mass is 10.2. The van der Waals surface area contributed by atoms with Crippen LogP contribution in [0.2, 0.25) is 0 Å². The van der Waals surface area contributed by atoms with E-state index in [1.165, 1.54) is 6.07 Å². The minimum atomic E-state index is -4.56. The van der Waals surface area contributed by atoms with Crippen LogP contribution >= 0.6 is 27.5 Å². The molecule has 0 radical (unpaired) electrons. The Morgan fingerprint density at radius 1 is 1.33 bits per heavy atom. The third kappa shape index (κ3) is 4.33. The van der Waals surface area contributed by atoms with Gasteiger partial charge in [-0.2, -0.15) is 13.2 Å². The lowest BCUT2D eigenvalue weighted by Gasteiger charge is -2.12. The van der Waals surface area contributed by atoms with Crippen LogP contribution in [-0.4, -0.2) is 20.1 Å². The highest BCUT2D eigenvalue weighted by Gasteiger charge is 2.33. The summed E-state index contributed by atoms with van der Waals surface area (Å²) in [6.45, 7) is 0. The van der Waals surface area contributed by atoms with E-state index < -0.39 is 21.8 Å². The van der Waals surface area contributed by atoms with E-state index in [1.54, 1.807) is 0 Å². The van der Waals surface area contributed by atoms with E-state index in [9.17, 15) is 21.6 Å². The molecule has 0 unspecified atom stereocenters. The molecule has 0 saturated heterocycles. The topological polar surface area (TPSA) is 46.2 Å². The van der Waals surface area contributed by atoms with E-state index in [2.05, 4.69) is 15.9 Å². The second-order valence-electron chi connectivity index (χ2n) is 3.30. The second-order valence-corrected chi connectivity index (χ2v) is 6.38. The highest BCUT2D eigenvalue weighted by Crippen LogP contribution is 2.36. The number of nitrogens with one attached hydrogen (secondary N) is 1. The fourth-order valence-corrected chi connectivity index (χ4v) is 3.01. The minimum absolute atomic E-state index is 0.141. The summed E-state index contributed by atoms with van der Waals surface area (Å²) < 4.78 is 62.3. The monoisotopic (exact) mass is 365 g/mol. The van der Waals surface area contributed by atoms with Crippen molar-refractivity contribution >= 4 is 43.2 Å². The van der Waals surface area contributed by atoms with Crippen LogP contribution in [0.1, 0.15) is 5.56 Å². The van der Waals surface area contributed by atoms with Crippen molar-refractivity contribution in [2.75, 3.05) is 16.4 Å². The molecule has 0 aliphatic rings. The first kappa shape index (κ1) is 15.6. The van der Waals surface area contributed by atoms with Crippen LogP contribution in [0.15, 0.2) is 22.7 Å². The fourth-order valence-electron chi connectivity index (χ4n) is 1.14. The number of hydrogen-bond acceptors (Lipinski definition) is 2. The normalized spacial score (nSPS) is 12.5. The predicted molar refractivity (Wildman–Crippen MR) is 67.3 cm³/mol. The Morgan fingerprint density at radius 2 is 1.94 bits per heavy atom. The van der Waals surface area contributed by atoms with Crippen LogP contribution in [-0.2, 0) is 16.2 Å². The van der Waals surface area contributed by atoms with Crippen molar-refractivity contribution < 1.29 is 21.6 Å². The number of sulfonamides is 1. The number of rotatable bonds is 4. The number of alkyl halides is 4. The van der Waals surface area contributed by atoms with Crippen molar-refractivity contribution in [3.63, 3.8) is 0 Å². The third-order valence-electron chi connectivity index (χ3n) is 1.89. The summed E-state index contributed by atoms with van der Waals surface area (Å²) in [6, 6.07) is 3.07. The minimum Gasteiger partial charge on any atom is -0.284 e. The second kappa shape index (κ2) is 5.66. The maximum Gasteiger partial charge on any atom is 0.417 e. The van der Waals surface area contributed by atoms with E-state index in [4.69, 9.17) is 11.6 Å². The number of anilines is 1. The molecule has 102 valence electrons. The van der Waals surface area contributed by atoms with E-state index in [-0.39, 0.29) is 21.8 Å². The van der Waals surface area contributed by atoms with Crippen LogP contribution in [0.25, 0.3) is 0 Å². The van der Waals surface area contributed by atoms with Crippen molar-refractivity contribution in [3.8, 4) is 0 Å². The van der Waals surface area contributed by atoms with E-state index in [0.29, 0.717) is 0 Å². The molecule has 0 spiro atoms. The molecule has 0 saturated carbocycles. The fraction of sp³-hybridized carbons (Fsp3) is 0.333. The molecule has 1 aromatic carbocycles. The summed E-state index contributed by atoms with van der Waals surface area (Å²) in [5.41, 5.74) is -1.11. The number of halogens is 5. The largest absolute Gasteiger partial charge is 0.417 e. The Morgan fingerprint density at radius 3 is 2.44 bits per heavy atom. The van der Waals surface area contributed by atoms with Gasteiger partial charge in [-0.05, 0) is 18.2 Å². The van der Waals surface area contributed by atoms with Crippen LogP contribution in [0.4, 0.5) is 18.9 Å². The average molecular weight is 367 g/mol. The number of hydrogen-bond donors (Lipinski definition) is 1. The molecule has 0 bridgehead atoms. The Balaban J connectivity index is 3.07. The zero-order valence-electron chi connectivity index (χ0n) is 8.76. The predicted octanol–water partition coefficient (Wildman–Crippen LogP) is 3.45. The van der Waals surface area contributed by atoms with Crippen LogP contribution in [0, 0.1) is 0 Å². The summed E-state index contributed by atoms with van der Waals surface area (Å²) >= 11 is 8.03. The summed E-state index contributed by atoms with van der Waals surface area (Å²) in [6.07, 6.45) is -4.56. The highest BCUT2D eigenvalue weighted by atomic mass is 79.9. The third-order valence-corrected chi connectivity index (χ3v) is 4.28. The van der Waals surface area contributed by atoms with Gasteiger partial charge in [-0.3, -0.25) is 4.72 Å². The van der Waals surface area contributed by atoms with Crippen molar-refractivity contribution in [2.24, 2.45) is 0 Å². The summed E-state index contributed by atoms with van der Waals surface area (Å²) in [4.78, 5) is 0. The van der Waals surface area contributed by atoms with Gasteiger partial charge in [0.25, 0.3) is 0 Å². The molecule has 0 amide bonds. The molecule has 0 heterocycles. The van der Waals surface area contributed by atoms with Crippen molar-refractivity contribution in [3.05, 3.63) is 28.2 Å². The first-order valence-corrected chi connectivity index (χ1v) is 7.57. The zero-order chi connectivity index (χ0) is 14.0. The zero-order valence-corrected chi connectivity index (χ0v) is 11.9. The summed E-state index contributed by atoms with van der Waals surface area (Å²) in [7, 11) is -3.72. The van der Waals surface area contributed by atoms with Gasteiger partial charge in [0.2, 0.25) is 10.0 Å². The molecule has 0 atom stereocenters. The first-order chi connectivity index (χ1) is 8.15. The number of benzene rings is 1. The quantitative estimate of drug-likeness (QED) is 0.830. The SMILES string of the molecule is O=S(=O)(CCCl)Nc1ccc(Br)c(C(F)(F)F)c1. The highest BCUT2D eigenvalue weighted by molar-refractivity contribution is 9.10. The maximum atomic E-state index is 12.6. The molecule has 0 fully saturated rings. The Kier molecular flexibility index (Phi) is 4.90. The summed E-state index contributed by atoms with van der Waals surface area (Å²) in [5, 5.41) is 0. The lowest BCUT2D eigenvalue weighted by molar-refractivity contribution is -0.138. The molecular formula is C9H8BrClF3NO2S. The van der Waals surface area contributed by atoms with Gasteiger partial charge in [0.1, 0.15) is 0 Å². The molecule has 1 N–H and O–H groups in total. The molecule has 0 aliphatic carbocycles. The average Bonchev–Trinajstić information content (AvgIpc) is 2.18. The molecule has 0 aromatic heterocycles. The molecule has 18 heavy (non-hydrogen) atoms. The van der Waals surface area contributed by atoms with Gasteiger partial charge in [-0.15, -0.1) is 11.6 Å². The molecule has 0 aliphatic heterocycles. The molecule has 1 aromatic rings. The van der Waals surface area contributed by atoms with Crippen molar-refractivity contribution in [1.29, 1.82) is 0 Å². The van der Waals surface area contributed by atoms with Gasteiger partial charge in [0, 0.05) is 16.0 Å². The van der Waals surface area contributed by atoms with E-state index in [0.717, 1.165) is 12.1 Å². The Labute approximate surface area is 116 Å². The van der Waals surface area contributed by atoms with Gasteiger partial charge in [0.15, 0.2) is 0 Å². The molecule has 9 heteroatoms. The van der Waals surface area contributed by atoms with Gasteiger partial charge in [-0.25, -0.2) is 8.42 Å². The van der Waals surface area contributed by atoms with Crippen LogP contribution < -0.4 is 4.72 Å². The molecule has 1 rings (SSSR count). The molecule has 3 nitrogen and oxygen atoms in total. The lowest BCUT2D eigenvalue weighted by Crippen LogP contribution is -2.18. The van der Waals surface area contributed by atoms with Gasteiger partial charge < -0.3 is 0 Å². The molecular weight excluding hydrogens is 359 g/mol. The van der Waals surface area contributed by atoms with Gasteiger partial charge in [-0.1, -0.05) is 15.9 Å². The first-order valence-electron chi connectivity index (χ1n) is 4.59. The Hall–Kier alpha value is -0.470. The van der Waals surface area contributed by atoms with Gasteiger partial charge >= 0.3 is 6.18 Å². The van der Waals surface area contributed by atoms with Crippen molar-refractivity contribution in [2.45, 2.75) is 6.18 Å². The maximum absolute atomic E-state index is 12.6. The Bertz CT molecular complexity index is 533.